The van der Waals surface area contributed by atoms with E-state index in [9.17, 15) is 13.2 Å². The van der Waals surface area contributed by atoms with Crippen LogP contribution in [0.15, 0.2) is 0 Å². The standard InChI is InChI=1S/C10H18O5S/c1-10(9(11)12)5-3-8(4-6-10)7-15-16(2,13)14/h8H,3-7H2,1-2H3,(H,11,12). The van der Waals surface area contributed by atoms with E-state index in [1.54, 1.807) is 6.92 Å². The van der Waals surface area contributed by atoms with E-state index in [4.69, 9.17) is 9.29 Å². The minimum Gasteiger partial charge on any atom is -0.481 e. The summed E-state index contributed by atoms with van der Waals surface area (Å²) in [4.78, 5) is 11.0. The Bertz CT molecular complexity index is 351. The molecular formula is C10H18O5S. The fourth-order valence-electron chi connectivity index (χ4n) is 1.92. The fraction of sp³-hybridized carbons (Fsp3) is 0.900. The molecule has 0 aromatic heterocycles. The van der Waals surface area contributed by atoms with Crippen LogP contribution in [0, 0.1) is 11.3 Å². The molecule has 0 aliphatic heterocycles. The van der Waals surface area contributed by atoms with Gasteiger partial charge in [0.05, 0.1) is 18.3 Å². The SMILES string of the molecule is CC1(C(=O)O)CCC(COS(C)(=O)=O)CC1. The van der Waals surface area contributed by atoms with Gasteiger partial charge < -0.3 is 5.11 Å². The first-order valence-electron chi connectivity index (χ1n) is 5.31. The minimum atomic E-state index is -3.38. The molecule has 0 unspecified atom stereocenters. The number of hydrogen-bond donors (Lipinski definition) is 1. The molecule has 94 valence electrons. The Kier molecular flexibility index (Phi) is 3.96. The third-order valence-corrected chi connectivity index (χ3v) is 3.81. The molecule has 0 aromatic rings. The van der Waals surface area contributed by atoms with Crippen LogP contribution in [0.1, 0.15) is 32.6 Å². The number of carboxylic acid groups (broad SMARTS) is 1. The van der Waals surface area contributed by atoms with Crippen LogP contribution in [0.5, 0.6) is 0 Å². The van der Waals surface area contributed by atoms with E-state index >= 15 is 0 Å². The minimum absolute atomic E-state index is 0.155. The maximum absolute atomic E-state index is 11.0. The van der Waals surface area contributed by atoms with Crippen LogP contribution in [0.25, 0.3) is 0 Å². The Morgan fingerprint density at radius 1 is 1.44 bits per heavy atom. The molecule has 0 amide bonds. The van der Waals surface area contributed by atoms with Gasteiger partial charge in [-0.1, -0.05) is 0 Å². The maximum atomic E-state index is 11.0. The van der Waals surface area contributed by atoms with Crippen LogP contribution >= 0.6 is 0 Å². The van der Waals surface area contributed by atoms with Gasteiger partial charge in [0.2, 0.25) is 0 Å². The van der Waals surface area contributed by atoms with E-state index in [1.807, 2.05) is 0 Å². The van der Waals surface area contributed by atoms with Crippen molar-refractivity contribution in [3.05, 3.63) is 0 Å². The number of rotatable bonds is 4. The van der Waals surface area contributed by atoms with E-state index in [0.717, 1.165) is 6.26 Å². The highest BCUT2D eigenvalue weighted by Gasteiger charge is 2.37. The summed E-state index contributed by atoms with van der Waals surface area (Å²) >= 11 is 0. The Hall–Kier alpha value is -0.620. The van der Waals surface area contributed by atoms with Crippen molar-refractivity contribution in [3.63, 3.8) is 0 Å². The smallest absolute Gasteiger partial charge is 0.309 e. The van der Waals surface area contributed by atoms with Gasteiger partial charge in [-0.15, -0.1) is 0 Å². The fourth-order valence-corrected chi connectivity index (χ4v) is 2.35. The molecule has 0 atom stereocenters. The molecule has 16 heavy (non-hydrogen) atoms. The van der Waals surface area contributed by atoms with Gasteiger partial charge in [-0.3, -0.25) is 8.98 Å². The molecule has 1 saturated carbocycles. The molecule has 6 heteroatoms. The molecule has 0 bridgehead atoms. The van der Waals surface area contributed by atoms with E-state index in [1.165, 1.54) is 0 Å². The van der Waals surface area contributed by atoms with Crippen molar-refractivity contribution < 1.29 is 22.5 Å². The highest BCUT2D eigenvalue weighted by atomic mass is 32.2. The van der Waals surface area contributed by atoms with Crippen molar-refractivity contribution in [2.75, 3.05) is 12.9 Å². The van der Waals surface area contributed by atoms with Crippen molar-refractivity contribution in [3.8, 4) is 0 Å². The van der Waals surface area contributed by atoms with Gasteiger partial charge in [-0.25, -0.2) is 0 Å². The molecule has 0 heterocycles. The van der Waals surface area contributed by atoms with Crippen LogP contribution in [-0.4, -0.2) is 32.4 Å². The zero-order chi connectivity index (χ0) is 12.4. The quantitative estimate of drug-likeness (QED) is 0.759. The molecule has 5 nitrogen and oxygen atoms in total. The molecular weight excluding hydrogens is 232 g/mol. The molecule has 1 fully saturated rings. The van der Waals surface area contributed by atoms with Crippen molar-refractivity contribution in [2.45, 2.75) is 32.6 Å². The first-order valence-corrected chi connectivity index (χ1v) is 7.12. The summed E-state index contributed by atoms with van der Waals surface area (Å²) in [7, 11) is -3.38. The van der Waals surface area contributed by atoms with Crippen LogP contribution < -0.4 is 0 Å². The Labute approximate surface area is 95.9 Å². The molecule has 0 spiro atoms. The molecule has 1 rings (SSSR count). The zero-order valence-corrected chi connectivity index (χ0v) is 10.4. The lowest BCUT2D eigenvalue weighted by molar-refractivity contribution is -0.150. The van der Waals surface area contributed by atoms with Gasteiger partial charge in [0.15, 0.2) is 0 Å². The van der Waals surface area contributed by atoms with E-state index in [2.05, 4.69) is 0 Å². The number of hydrogen-bond acceptors (Lipinski definition) is 4. The zero-order valence-electron chi connectivity index (χ0n) is 9.60. The van der Waals surface area contributed by atoms with Gasteiger partial charge >= 0.3 is 5.97 Å². The summed E-state index contributed by atoms with van der Waals surface area (Å²) in [6, 6.07) is 0. The van der Waals surface area contributed by atoms with Gasteiger partial charge in [0, 0.05) is 0 Å². The van der Waals surface area contributed by atoms with Crippen molar-refractivity contribution in [1.82, 2.24) is 0 Å². The number of aliphatic carboxylic acids is 1. The van der Waals surface area contributed by atoms with Crippen LogP contribution in [0.4, 0.5) is 0 Å². The Morgan fingerprint density at radius 2 is 1.94 bits per heavy atom. The summed E-state index contributed by atoms with van der Waals surface area (Å²) in [5.74, 6) is -0.614. The summed E-state index contributed by atoms with van der Waals surface area (Å²) in [5, 5.41) is 9.02. The van der Waals surface area contributed by atoms with Gasteiger partial charge in [0.25, 0.3) is 10.1 Å². The highest BCUT2D eigenvalue weighted by Crippen LogP contribution is 2.38. The second kappa shape index (κ2) is 4.71. The number of carbonyl (C=O) groups is 1. The third kappa shape index (κ3) is 3.75. The van der Waals surface area contributed by atoms with E-state index < -0.39 is 21.5 Å². The number of carboxylic acids is 1. The average Bonchev–Trinajstić information content (AvgIpc) is 2.15. The monoisotopic (exact) mass is 250 g/mol. The van der Waals surface area contributed by atoms with Gasteiger partial charge in [-0.2, -0.15) is 8.42 Å². The topological polar surface area (TPSA) is 80.7 Å². The lowest BCUT2D eigenvalue weighted by Gasteiger charge is -2.33. The largest absolute Gasteiger partial charge is 0.481 e. The molecule has 0 radical (unpaired) electrons. The summed E-state index contributed by atoms with van der Waals surface area (Å²) in [6.45, 7) is 1.91. The highest BCUT2D eigenvalue weighted by molar-refractivity contribution is 7.85. The molecule has 1 N–H and O–H groups in total. The Balaban J connectivity index is 2.41. The predicted octanol–water partition coefficient (Wildman–Crippen LogP) is 1.24. The second-order valence-electron chi connectivity index (χ2n) is 4.80. The molecule has 0 aromatic carbocycles. The lowest BCUT2D eigenvalue weighted by Crippen LogP contribution is -2.33. The molecule has 1 aliphatic carbocycles. The van der Waals surface area contributed by atoms with E-state index in [-0.39, 0.29) is 12.5 Å². The van der Waals surface area contributed by atoms with Crippen LogP contribution in [-0.2, 0) is 19.1 Å². The maximum Gasteiger partial charge on any atom is 0.309 e. The first-order chi connectivity index (χ1) is 7.23. The molecule has 1 aliphatic rings. The first kappa shape index (κ1) is 13.4. The average molecular weight is 250 g/mol. The lowest BCUT2D eigenvalue weighted by atomic mass is 9.72. The third-order valence-electron chi connectivity index (χ3n) is 3.24. The van der Waals surface area contributed by atoms with Crippen molar-refractivity contribution in [1.29, 1.82) is 0 Å². The van der Waals surface area contributed by atoms with Crippen LogP contribution in [0.2, 0.25) is 0 Å². The van der Waals surface area contributed by atoms with Gasteiger partial charge in [-0.05, 0) is 38.5 Å². The molecule has 0 saturated heterocycles. The summed E-state index contributed by atoms with van der Waals surface area (Å²) in [5.41, 5.74) is -0.651. The normalized spacial score (nSPS) is 31.2. The van der Waals surface area contributed by atoms with E-state index in [0.29, 0.717) is 25.7 Å². The summed E-state index contributed by atoms with van der Waals surface area (Å²) in [6.07, 6.45) is 3.61. The van der Waals surface area contributed by atoms with Crippen LogP contribution in [0.3, 0.4) is 0 Å². The second-order valence-corrected chi connectivity index (χ2v) is 6.44. The Morgan fingerprint density at radius 3 is 2.31 bits per heavy atom. The van der Waals surface area contributed by atoms with Gasteiger partial charge in [0.1, 0.15) is 0 Å². The predicted molar refractivity (Wildman–Crippen MR) is 58.5 cm³/mol. The van der Waals surface area contributed by atoms with Crippen molar-refractivity contribution in [2.24, 2.45) is 11.3 Å². The van der Waals surface area contributed by atoms with Crippen molar-refractivity contribution >= 4 is 16.1 Å². The summed E-state index contributed by atoms with van der Waals surface area (Å²) < 4.78 is 26.3.